The zero-order valence-corrected chi connectivity index (χ0v) is 14.2. The lowest BCUT2D eigenvalue weighted by Crippen LogP contribution is -2.41. The fourth-order valence-corrected chi connectivity index (χ4v) is 2.03. The van der Waals surface area contributed by atoms with Crippen LogP contribution in [0.25, 0.3) is 11.4 Å². The SMILES string of the molecule is CCC(=O)N[C@@H](C)C(=O)Nc1ccc(-c2ncc(C(=O)O)c(O)n2)cc1. The molecule has 2 amide bonds. The van der Waals surface area contributed by atoms with Gasteiger partial charge in [0.25, 0.3) is 0 Å². The van der Waals surface area contributed by atoms with Crippen molar-refractivity contribution in [1.82, 2.24) is 15.3 Å². The maximum absolute atomic E-state index is 12.0. The minimum Gasteiger partial charge on any atom is -0.493 e. The summed E-state index contributed by atoms with van der Waals surface area (Å²) in [7, 11) is 0. The highest BCUT2D eigenvalue weighted by molar-refractivity contribution is 5.97. The van der Waals surface area contributed by atoms with Gasteiger partial charge in [0.05, 0.1) is 0 Å². The summed E-state index contributed by atoms with van der Waals surface area (Å²) < 4.78 is 0. The number of aromatic carboxylic acids is 1. The van der Waals surface area contributed by atoms with Gasteiger partial charge in [-0.3, -0.25) is 9.59 Å². The van der Waals surface area contributed by atoms with Crippen LogP contribution in [-0.4, -0.2) is 44.0 Å². The van der Waals surface area contributed by atoms with Gasteiger partial charge < -0.3 is 20.8 Å². The van der Waals surface area contributed by atoms with Gasteiger partial charge in [-0.15, -0.1) is 0 Å². The second-order valence-electron chi connectivity index (χ2n) is 5.45. The molecule has 9 nitrogen and oxygen atoms in total. The second-order valence-corrected chi connectivity index (χ2v) is 5.45. The predicted octanol–water partition coefficient (Wildman–Crippen LogP) is 1.40. The van der Waals surface area contributed by atoms with Crippen molar-refractivity contribution in [1.29, 1.82) is 0 Å². The Bertz CT molecular complexity index is 836. The molecule has 9 heteroatoms. The molecule has 0 saturated heterocycles. The molecule has 0 unspecified atom stereocenters. The fraction of sp³-hybridized carbons (Fsp3) is 0.235. The van der Waals surface area contributed by atoms with E-state index in [0.29, 0.717) is 17.7 Å². The molecule has 1 aromatic carbocycles. The number of nitrogens with zero attached hydrogens (tertiary/aromatic N) is 2. The molecular formula is C17H18N4O5. The fourth-order valence-electron chi connectivity index (χ4n) is 2.03. The largest absolute Gasteiger partial charge is 0.493 e. The molecule has 0 spiro atoms. The van der Waals surface area contributed by atoms with Crippen LogP contribution in [0.2, 0.25) is 0 Å². The van der Waals surface area contributed by atoms with Crippen molar-refractivity contribution >= 4 is 23.5 Å². The molecule has 1 heterocycles. The average Bonchev–Trinajstić information content (AvgIpc) is 2.61. The molecule has 1 aromatic heterocycles. The highest BCUT2D eigenvalue weighted by Gasteiger charge is 2.16. The summed E-state index contributed by atoms with van der Waals surface area (Å²) in [6.07, 6.45) is 1.31. The summed E-state index contributed by atoms with van der Waals surface area (Å²) >= 11 is 0. The molecule has 2 rings (SSSR count). The number of anilines is 1. The molecule has 1 atom stereocenters. The lowest BCUT2D eigenvalue weighted by Gasteiger charge is -2.13. The van der Waals surface area contributed by atoms with Crippen molar-refractivity contribution in [2.24, 2.45) is 0 Å². The van der Waals surface area contributed by atoms with Crippen LogP contribution >= 0.6 is 0 Å². The molecule has 0 fully saturated rings. The number of carbonyl (C=O) groups excluding carboxylic acids is 2. The molecule has 2 aromatic rings. The Morgan fingerprint density at radius 1 is 1.19 bits per heavy atom. The number of carboxylic acids is 1. The van der Waals surface area contributed by atoms with Gasteiger partial charge in [-0.25, -0.2) is 9.78 Å². The van der Waals surface area contributed by atoms with Crippen molar-refractivity contribution in [3.05, 3.63) is 36.0 Å². The van der Waals surface area contributed by atoms with Crippen LogP contribution in [0.5, 0.6) is 5.88 Å². The van der Waals surface area contributed by atoms with Gasteiger partial charge in [-0.1, -0.05) is 6.92 Å². The van der Waals surface area contributed by atoms with E-state index in [1.54, 1.807) is 38.1 Å². The Morgan fingerprint density at radius 3 is 2.38 bits per heavy atom. The molecule has 4 N–H and O–H groups in total. The molecule has 0 saturated carbocycles. The van der Waals surface area contributed by atoms with Crippen molar-refractivity contribution in [3.63, 3.8) is 0 Å². The van der Waals surface area contributed by atoms with E-state index in [4.69, 9.17) is 5.11 Å². The van der Waals surface area contributed by atoms with Crippen LogP contribution in [0, 0.1) is 0 Å². The van der Waals surface area contributed by atoms with Crippen LogP contribution in [0.3, 0.4) is 0 Å². The first-order valence-electron chi connectivity index (χ1n) is 7.81. The van der Waals surface area contributed by atoms with Crippen molar-refractivity contribution < 1.29 is 24.6 Å². The van der Waals surface area contributed by atoms with Gasteiger partial charge in [-0.2, -0.15) is 4.98 Å². The van der Waals surface area contributed by atoms with Gasteiger partial charge in [0.1, 0.15) is 11.6 Å². The number of benzene rings is 1. The third kappa shape index (κ3) is 4.53. The molecule has 0 aliphatic heterocycles. The number of carboxylic acid groups (broad SMARTS) is 1. The van der Waals surface area contributed by atoms with E-state index in [0.717, 1.165) is 6.20 Å². The van der Waals surface area contributed by atoms with E-state index < -0.39 is 17.9 Å². The topological polar surface area (TPSA) is 142 Å². The van der Waals surface area contributed by atoms with E-state index in [-0.39, 0.29) is 23.2 Å². The zero-order valence-electron chi connectivity index (χ0n) is 14.2. The summed E-state index contributed by atoms with van der Waals surface area (Å²) in [4.78, 5) is 41.8. The Kier molecular flexibility index (Phi) is 5.84. The first kappa shape index (κ1) is 18.8. The Balaban J connectivity index is 2.08. The Hall–Kier alpha value is -3.49. The monoisotopic (exact) mass is 358 g/mol. The maximum Gasteiger partial charge on any atom is 0.342 e. The van der Waals surface area contributed by atoms with E-state index >= 15 is 0 Å². The number of aromatic hydroxyl groups is 1. The molecular weight excluding hydrogens is 340 g/mol. The number of hydrogen-bond donors (Lipinski definition) is 4. The van der Waals surface area contributed by atoms with E-state index in [2.05, 4.69) is 20.6 Å². The normalized spacial score (nSPS) is 11.5. The first-order valence-corrected chi connectivity index (χ1v) is 7.81. The molecule has 26 heavy (non-hydrogen) atoms. The van der Waals surface area contributed by atoms with Crippen LogP contribution < -0.4 is 10.6 Å². The van der Waals surface area contributed by atoms with Crippen molar-refractivity contribution in [2.45, 2.75) is 26.3 Å². The summed E-state index contributed by atoms with van der Waals surface area (Å²) in [5, 5.41) is 23.7. The number of rotatable bonds is 6. The molecule has 136 valence electrons. The van der Waals surface area contributed by atoms with Crippen LogP contribution in [0.15, 0.2) is 30.5 Å². The third-order valence-electron chi connectivity index (χ3n) is 3.50. The van der Waals surface area contributed by atoms with Crippen LogP contribution in [-0.2, 0) is 9.59 Å². The average molecular weight is 358 g/mol. The third-order valence-corrected chi connectivity index (χ3v) is 3.50. The van der Waals surface area contributed by atoms with Crippen molar-refractivity contribution in [2.75, 3.05) is 5.32 Å². The maximum atomic E-state index is 12.0. The van der Waals surface area contributed by atoms with Gasteiger partial charge in [0.2, 0.25) is 17.7 Å². The van der Waals surface area contributed by atoms with E-state index in [1.807, 2.05) is 0 Å². The van der Waals surface area contributed by atoms with E-state index in [9.17, 15) is 19.5 Å². The summed E-state index contributed by atoms with van der Waals surface area (Å²) in [5.41, 5.74) is 0.644. The number of aromatic nitrogens is 2. The van der Waals surface area contributed by atoms with E-state index in [1.165, 1.54) is 0 Å². The molecule has 0 bridgehead atoms. The van der Waals surface area contributed by atoms with Gasteiger partial charge in [0.15, 0.2) is 5.82 Å². The minimum atomic E-state index is -1.32. The van der Waals surface area contributed by atoms with Crippen LogP contribution in [0.1, 0.15) is 30.6 Å². The lowest BCUT2D eigenvalue weighted by atomic mass is 10.2. The molecule has 0 aliphatic rings. The predicted molar refractivity (Wildman–Crippen MR) is 92.6 cm³/mol. The first-order chi connectivity index (χ1) is 12.3. The Labute approximate surface area is 149 Å². The van der Waals surface area contributed by atoms with Crippen LogP contribution in [0.4, 0.5) is 5.69 Å². The lowest BCUT2D eigenvalue weighted by molar-refractivity contribution is -0.125. The smallest absolute Gasteiger partial charge is 0.342 e. The zero-order chi connectivity index (χ0) is 19.3. The second kappa shape index (κ2) is 8.06. The number of nitrogens with one attached hydrogen (secondary N) is 2. The summed E-state index contributed by atoms with van der Waals surface area (Å²) in [6.45, 7) is 3.28. The highest BCUT2D eigenvalue weighted by Crippen LogP contribution is 2.21. The quantitative estimate of drug-likeness (QED) is 0.611. The number of hydrogen-bond acceptors (Lipinski definition) is 6. The van der Waals surface area contributed by atoms with Gasteiger partial charge >= 0.3 is 5.97 Å². The highest BCUT2D eigenvalue weighted by atomic mass is 16.4. The molecule has 0 radical (unpaired) electrons. The van der Waals surface area contributed by atoms with Gasteiger partial charge in [-0.05, 0) is 31.2 Å². The minimum absolute atomic E-state index is 0.147. The standard InChI is InChI=1S/C17H18N4O5/c1-3-13(22)19-9(2)15(23)20-11-6-4-10(5-7-11)14-18-8-12(17(25)26)16(24)21-14/h4-9H,3H2,1-2H3,(H,19,22)(H,20,23)(H,25,26)(H,18,21,24)/t9-/m0/s1. The summed E-state index contributed by atoms with van der Waals surface area (Å²) in [5.74, 6) is -2.38. The van der Waals surface area contributed by atoms with Crippen molar-refractivity contribution in [3.8, 4) is 17.3 Å². The number of amides is 2. The van der Waals surface area contributed by atoms with Gasteiger partial charge in [0, 0.05) is 23.9 Å². The number of carbonyl (C=O) groups is 3. The molecule has 0 aliphatic carbocycles. The Morgan fingerprint density at radius 2 is 1.85 bits per heavy atom. The summed E-state index contributed by atoms with van der Waals surface area (Å²) in [6, 6.07) is 5.76.